The molecule has 0 aliphatic rings. The van der Waals surface area contributed by atoms with E-state index in [0.717, 1.165) is 0 Å². The quantitative estimate of drug-likeness (QED) is 0.842. The zero-order valence-corrected chi connectivity index (χ0v) is 8.74. The standard InChI is InChI=1S/C10H7BrO3/c1-2-6-14-8-5-3-4-7(11)9(8)10(12)13/h1,3-5H,6H2,(H,12,13). The number of carboxylic acid groups (broad SMARTS) is 1. The second-order valence-electron chi connectivity index (χ2n) is 2.41. The lowest BCUT2D eigenvalue weighted by atomic mass is 10.2. The minimum atomic E-state index is -1.05. The molecule has 4 heteroatoms. The Bertz CT molecular complexity index is 393. The number of hydrogen-bond donors (Lipinski definition) is 1. The first-order chi connectivity index (χ1) is 6.66. The van der Waals surface area contributed by atoms with Gasteiger partial charge in [0.1, 0.15) is 17.9 Å². The number of halogens is 1. The predicted molar refractivity (Wildman–Crippen MR) is 55.4 cm³/mol. The Labute approximate surface area is 89.8 Å². The lowest BCUT2D eigenvalue weighted by Crippen LogP contribution is -2.04. The molecule has 0 fully saturated rings. The third-order valence-electron chi connectivity index (χ3n) is 1.50. The van der Waals surface area contributed by atoms with Crippen molar-refractivity contribution in [2.75, 3.05) is 6.61 Å². The van der Waals surface area contributed by atoms with E-state index in [4.69, 9.17) is 16.3 Å². The number of aromatic carboxylic acids is 1. The van der Waals surface area contributed by atoms with Crippen LogP contribution in [0.3, 0.4) is 0 Å². The Morgan fingerprint density at radius 2 is 2.36 bits per heavy atom. The summed E-state index contributed by atoms with van der Waals surface area (Å²) in [7, 11) is 0. The first-order valence-electron chi connectivity index (χ1n) is 3.75. The van der Waals surface area contributed by atoms with Crippen molar-refractivity contribution in [3.63, 3.8) is 0 Å². The summed E-state index contributed by atoms with van der Waals surface area (Å²) < 4.78 is 5.55. The van der Waals surface area contributed by atoms with Gasteiger partial charge in [-0.05, 0) is 28.1 Å². The van der Waals surface area contributed by atoms with Crippen molar-refractivity contribution in [2.24, 2.45) is 0 Å². The molecule has 0 heterocycles. The topological polar surface area (TPSA) is 46.5 Å². The third kappa shape index (κ3) is 2.27. The van der Waals surface area contributed by atoms with Crippen LogP contribution in [-0.2, 0) is 0 Å². The Morgan fingerprint density at radius 1 is 1.64 bits per heavy atom. The molecule has 0 radical (unpaired) electrons. The van der Waals surface area contributed by atoms with Crippen molar-refractivity contribution in [1.82, 2.24) is 0 Å². The van der Waals surface area contributed by atoms with Crippen molar-refractivity contribution in [3.8, 4) is 18.1 Å². The van der Waals surface area contributed by atoms with E-state index in [0.29, 0.717) is 4.47 Å². The van der Waals surface area contributed by atoms with E-state index < -0.39 is 5.97 Å². The summed E-state index contributed by atoms with van der Waals surface area (Å²) >= 11 is 3.13. The molecule has 1 aromatic rings. The summed E-state index contributed by atoms with van der Waals surface area (Å²) in [5.41, 5.74) is 0.0859. The largest absolute Gasteiger partial charge is 0.480 e. The predicted octanol–water partition coefficient (Wildman–Crippen LogP) is 2.16. The van der Waals surface area contributed by atoms with E-state index in [-0.39, 0.29) is 17.9 Å². The van der Waals surface area contributed by atoms with Gasteiger partial charge in [-0.2, -0.15) is 0 Å². The highest BCUT2D eigenvalue weighted by atomic mass is 79.9. The highest BCUT2D eigenvalue weighted by molar-refractivity contribution is 9.10. The number of carboxylic acids is 1. The molecule has 72 valence electrons. The molecule has 0 aliphatic heterocycles. The molecule has 0 aliphatic carbocycles. The zero-order chi connectivity index (χ0) is 10.6. The lowest BCUT2D eigenvalue weighted by Gasteiger charge is -2.07. The van der Waals surface area contributed by atoms with Crippen LogP contribution in [0.2, 0.25) is 0 Å². The molecule has 0 unspecified atom stereocenters. The molecule has 0 atom stereocenters. The molecule has 14 heavy (non-hydrogen) atoms. The van der Waals surface area contributed by atoms with Gasteiger partial charge in [0.05, 0.1) is 0 Å². The van der Waals surface area contributed by atoms with Crippen molar-refractivity contribution < 1.29 is 14.6 Å². The summed E-state index contributed by atoms with van der Waals surface area (Å²) in [6.45, 7) is 0.0523. The van der Waals surface area contributed by atoms with Crippen molar-refractivity contribution in [2.45, 2.75) is 0 Å². The second-order valence-corrected chi connectivity index (χ2v) is 3.27. The normalized spacial score (nSPS) is 9.14. The van der Waals surface area contributed by atoms with Gasteiger partial charge >= 0.3 is 5.97 Å². The van der Waals surface area contributed by atoms with E-state index in [2.05, 4.69) is 21.9 Å². The van der Waals surface area contributed by atoms with Crippen molar-refractivity contribution >= 4 is 21.9 Å². The van der Waals surface area contributed by atoms with Gasteiger partial charge in [0.25, 0.3) is 0 Å². The molecule has 0 saturated heterocycles. The van der Waals surface area contributed by atoms with Gasteiger partial charge in [-0.3, -0.25) is 0 Å². The van der Waals surface area contributed by atoms with Gasteiger partial charge < -0.3 is 9.84 Å². The Morgan fingerprint density at radius 3 is 2.93 bits per heavy atom. The summed E-state index contributed by atoms with van der Waals surface area (Å²) in [4.78, 5) is 10.8. The first kappa shape index (κ1) is 10.6. The van der Waals surface area contributed by atoms with Crippen LogP contribution in [0.1, 0.15) is 10.4 Å². The molecule has 1 rings (SSSR count). The minimum absolute atomic E-state index is 0.0523. The maximum Gasteiger partial charge on any atom is 0.340 e. The summed E-state index contributed by atoms with van der Waals surface area (Å²) in [5, 5.41) is 8.88. The van der Waals surface area contributed by atoms with Gasteiger partial charge in [-0.15, -0.1) is 6.42 Å². The molecule has 0 bridgehead atoms. The summed E-state index contributed by atoms with van der Waals surface area (Å²) in [5.74, 6) is 1.49. The highest BCUT2D eigenvalue weighted by Crippen LogP contribution is 2.26. The fraction of sp³-hybridized carbons (Fsp3) is 0.100. The van der Waals surface area contributed by atoms with Crippen LogP contribution in [0.25, 0.3) is 0 Å². The third-order valence-corrected chi connectivity index (χ3v) is 2.16. The second kappa shape index (κ2) is 4.68. The fourth-order valence-electron chi connectivity index (χ4n) is 0.952. The average Bonchev–Trinajstić information content (AvgIpc) is 2.14. The molecular formula is C10H7BrO3. The van der Waals surface area contributed by atoms with Gasteiger partial charge in [0, 0.05) is 4.47 Å². The maximum absolute atomic E-state index is 10.8. The lowest BCUT2D eigenvalue weighted by molar-refractivity contribution is 0.0692. The summed E-state index contributed by atoms with van der Waals surface area (Å²) in [6, 6.07) is 4.88. The molecular weight excluding hydrogens is 248 g/mol. The van der Waals surface area contributed by atoms with E-state index in [1.165, 1.54) is 0 Å². The van der Waals surface area contributed by atoms with Gasteiger partial charge in [0.2, 0.25) is 0 Å². The minimum Gasteiger partial charge on any atom is -0.480 e. The van der Waals surface area contributed by atoms with Crippen LogP contribution in [0.15, 0.2) is 22.7 Å². The molecule has 0 spiro atoms. The number of hydrogen-bond acceptors (Lipinski definition) is 2. The van der Waals surface area contributed by atoms with Crippen LogP contribution < -0.4 is 4.74 Å². The Hall–Kier alpha value is -1.47. The van der Waals surface area contributed by atoms with Crippen LogP contribution in [0, 0.1) is 12.3 Å². The zero-order valence-electron chi connectivity index (χ0n) is 7.16. The molecule has 1 N–H and O–H groups in total. The smallest absolute Gasteiger partial charge is 0.340 e. The monoisotopic (exact) mass is 254 g/mol. The Kier molecular flexibility index (Phi) is 3.55. The fourth-order valence-corrected chi connectivity index (χ4v) is 1.47. The SMILES string of the molecule is C#CCOc1cccc(Br)c1C(=O)O. The summed E-state index contributed by atoms with van der Waals surface area (Å²) in [6.07, 6.45) is 5.01. The van der Waals surface area contributed by atoms with Gasteiger partial charge in [-0.25, -0.2) is 4.79 Å². The van der Waals surface area contributed by atoms with Crippen LogP contribution in [0.4, 0.5) is 0 Å². The van der Waals surface area contributed by atoms with E-state index >= 15 is 0 Å². The van der Waals surface area contributed by atoms with Crippen LogP contribution in [0.5, 0.6) is 5.75 Å². The first-order valence-corrected chi connectivity index (χ1v) is 4.54. The van der Waals surface area contributed by atoms with Crippen LogP contribution >= 0.6 is 15.9 Å². The number of terminal acetylenes is 1. The van der Waals surface area contributed by atoms with Gasteiger partial charge in [0.15, 0.2) is 0 Å². The number of carbonyl (C=O) groups is 1. The maximum atomic E-state index is 10.8. The molecule has 1 aromatic carbocycles. The number of ether oxygens (including phenoxy) is 1. The molecule has 3 nitrogen and oxygen atoms in total. The Balaban J connectivity index is 3.09. The van der Waals surface area contributed by atoms with E-state index in [9.17, 15) is 4.79 Å². The number of rotatable bonds is 3. The van der Waals surface area contributed by atoms with Crippen LogP contribution in [-0.4, -0.2) is 17.7 Å². The van der Waals surface area contributed by atoms with Crippen molar-refractivity contribution in [1.29, 1.82) is 0 Å². The van der Waals surface area contributed by atoms with Gasteiger partial charge in [-0.1, -0.05) is 12.0 Å². The highest BCUT2D eigenvalue weighted by Gasteiger charge is 2.14. The number of benzene rings is 1. The van der Waals surface area contributed by atoms with E-state index in [1.807, 2.05) is 0 Å². The van der Waals surface area contributed by atoms with E-state index in [1.54, 1.807) is 18.2 Å². The molecule has 0 amide bonds. The molecule has 0 saturated carbocycles. The average molecular weight is 255 g/mol. The molecule has 0 aromatic heterocycles. The van der Waals surface area contributed by atoms with Crippen molar-refractivity contribution in [3.05, 3.63) is 28.2 Å².